The molecule has 0 saturated carbocycles. The summed E-state index contributed by atoms with van der Waals surface area (Å²) in [6.45, 7) is 4.36. The van der Waals surface area contributed by atoms with Crippen LogP contribution < -0.4 is 4.74 Å². The number of unbranched alkanes of at least 4 members (excludes halogenated alkanes) is 1. The highest BCUT2D eigenvalue weighted by molar-refractivity contribution is 5.86. The minimum Gasteiger partial charge on any atom is -0.481 e. The normalized spacial score (nSPS) is 9.44. The molecule has 0 aliphatic rings. The lowest BCUT2D eigenvalue weighted by Gasteiger charge is -2.01. The van der Waals surface area contributed by atoms with Gasteiger partial charge in [-0.25, -0.2) is 4.98 Å². The highest BCUT2D eigenvalue weighted by Crippen LogP contribution is 2.21. The number of ether oxygens (including phenoxy) is 1. The molecule has 86 valence electrons. The number of hydrogen-bond acceptors (Lipinski definition) is 2. The van der Waals surface area contributed by atoms with Gasteiger partial charge in [-0.05, 0) is 17.5 Å². The van der Waals surface area contributed by atoms with Crippen LogP contribution in [0, 0.1) is 0 Å². The third-order valence-corrected chi connectivity index (χ3v) is 2.33. The van der Waals surface area contributed by atoms with Gasteiger partial charge in [0.2, 0.25) is 5.88 Å². The SMILES string of the molecule is CCCC.COc1nccc2ccccc12. The van der Waals surface area contributed by atoms with Gasteiger partial charge in [-0.1, -0.05) is 44.9 Å². The standard InChI is InChI=1S/C10H9NO.C4H10/c1-12-10-9-5-3-2-4-8(9)6-7-11-10;1-3-4-2/h2-7H,1H3;3-4H2,1-2H3. The fourth-order valence-corrected chi connectivity index (χ4v) is 1.25. The molecule has 0 N–H and O–H groups in total. The Labute approximate surface area is 97.3 Å². The molecular formula is C14H19NO. The van der Waals surface area contributed by atoms with Crippen molar-refractivity contribution < 1.29 is 4.74 Å². The Morgan fingerprint density at radius 3 is 2.38 bits per heavy atom. The maximum Gasteiger partial charge on any atom is 0.221 e. The van der Waals surface area contributed by atoms with E-state index in [1.54, 1.807) is 13.3 Å². The van der Waals surface area contributed by atoms with Gasteiger partial charge in [0.15, 0.2) is 0 Å². The molecule has 1 aromatic carbocycles. The van der Waals surface area contributed by atoms with Crippen molar-refractivity contribution in [3.8, 4) is 5.88 Å². The van der Waals surface area contributed by atoms with Crippen LogP contribution in [0.15, 0.2) is 36.5 Å². The molecule has 0 fully saturated rings. The lowest BCUT2D eigenvalue weighted by Crippen LogP contribution is -1.87. The molecule has 0 saturated heterocycles. The summed E-state index contributed by atoms with van der Waals surface area (Å²) in [6.07, 6.45) is 4.39. The van der Waals surface area contributed by atoms with E-state index < -0.39 is 0 Å². The summed E-state index contributed by atoms with van der Waals surface area (Å²) in [7, 11) is 1.63. The first-order valence-electron chi connectivity index (χ1n) is 5.71. The highest BCUT2D eigenvalue weighted by Gasteiger charge is 1.98. The van der Waals surface area contributed by atoms with Crippen LogP contribution in [0.1, 0.15) is 26.7 Å². The third-order valence-electron chi connectivity index (χ3n) is 2.33. The molecule has 0 radical (unpaired) electrons. The quantitative estimate of drug-likeness (QED) is 0.757. The minimum atomic E-state index is 0.688. The molecule has 1 heterocycles. The first-order valence-corrected chi connectivity index (χ1v) is 5.71. The van der Waals surface area contributed by atoms with E-state index in [1.807, 2.05) is 30.3 Å². The number of aromatic nitrogens is 1. The van der Waals surface area contributed by atoms with Gasteiger partial charge in [0.05, 0.1) is 7.11 Å². The second-order valence-corrected chi connectivity index (χ2v) is 3.54. The van der Waals surface area contributed by atoms with Gasteiger partial charge in [-0.2, -0.15) is 0 Å². The Kier molecular flexibility index (Phi) is 5.34. The lowest BCUT2D eigenvalue weighted by molar-refractivity contribution is 0.403. The van der Waals surface area contributed by atoms with Crippen molar-refractivity contribution in [3.05, 3.63) is 36.5 Å². The summed E-state index contributed by atoms with van der Waals surface area (Å²) >= 11 is 0. The third kappa shape index (κ3) is 3.23. The molecule has 2 aromatic rings. The van der Waals surface area contributed by atoms with Crippen LogP contribution in [-0.2, 0) is 0 Å². The van der Waals surface area contributed by atoms with Crippen molar-refractivity contribution >= 4 is 10.8 Å². The van der Waals surface area contributed by atoms with E-state index in [0.717, 1.165) is 10.8 Å². The van der Waals surface area contributed by atoms with Crippen LogP contribution in [0.5, 0.6) is 5.88 Å². The fraction of sp³-hybridized carbons (Fsp3) is 0.357. The molecule has 2 nitrogen and oxygen atoms in total. The number of fused-ring (bicyclic) bond motifs is 1. The van der Waals surface area contributed by atoms with Crippen molar-refractivity contribution in [3.63, 3.8) is 0 Å². The predicted octanol–water partition coefficient (Wildman–Crippen LogP) is 4.05. The summed E-state index contributed by atoms with van der Waals surface area (Å²) in [4.78, 5) is 4.10. The van der Waals surface area contributed by atoms with Crippen molar-refractivity contribution in [1.82, 2.24) is 4.98 Å². The summed E-state index contributed by atoms with van der Waals surface area (Å²) in [5.41, 5.74) is 0. The Morgan fingerprint density at radius 1 is 1.06 bits per heavy atom. The number of pyridine rings is 1. The van der Waals surface area contributed by atoms with Crippen molar-refractivity contribution in [2.75, 3.05) is 7.11 Å². The zero-order valence-corrected chi connectivity index (χ0v) is 10.2. The van der Waals surface area contributed by atoms with E-state index >= 15 is 0 Å². The molecular weight excluding hydrogens is 198 g/mol. The largest absolute Gasteiger partial charge is 0.481 e. The van der Waals surface area contributed by atoms with Crippen LogP contribution in [0.4, 0.5) is 0 Å². The maximum atomic E-state index is 5.12. The first kappa shape index (κ1) is 12.5. The van der Waals surface area contributed by atoms with Gasteiger partial charge in [-0.3, -0.25) is 0 Å². The van der Waals surface area contributed by atoms with Gasteiger partial charge in [-0.15, -0.1) is 0 Å². The van der Waals surface area contributed by atoms with Gasteiger partial charge < -0.3 is 4.74 Å². The van der Waals surface area contributed by atoms with E-state index in [-0.39, 0.29) is 0 Å². The average Bonchev–Trinajstić information content (AvgIpc) is 2.38. The Hall–Kier alpha value is -1.57. The van der Waals surface area contributed by atoms with Gasteiger partial charge in [0.1, 0.15) is 0 Å². The summed E-state index contributed by atoms with van der Waals surface area (Å²) in [5, 5.41) is 2.21. The Bertz CT molecular complexity index is 419. The molecule has 1 aromatic heterocycles. The number of methoxy groups -OCH3 is 1. The van der Waals surface area contributed by atoms with E-state index in [2.05, 4.69) is 18.8 Å². The minimum absolute atomic E-state index is 0.688. The van der Waals surface area contributed by atoms with Crippen LogP contribution in [0.2, 0.25) is 0 Å². The van der Waals surface area contributed by atoms with E-state index in [9.17, 15) is 0 Å². The number of benzene rings is 1. The van der Waals surface area contributed by atoms with E-state index in [1.165, 1.54) is 12.8 Å². The van der Waals surface area contributed by atoms with Crippen LogP contribution >= 0.6 is 0 Å². The monoisotopic (exact) mass is 217 g/mol. The second-order valence-electron chi connectivity index (χ2n) is 3.54. The van der Waals surface area contributed by atoms with E-state index in [4.69, 9.17) is 4.74 Å². The number of nitrogens with zero attached hydrogens (tertiary/aromatic N) is 1. The smallest absolute Gasteiger partial charge is 0.221 e. The molecule has 0 bridgehead atoms. The number of hydrogen-bond donors (Lipinski definition) is 0. The molecule has 16 heavy (non-hydrogen) atoms. The van der Waals surface area contributed by atoms with Crippen LogP contribution in [0.3, 0.4) is 0 Å². The second kappa shape index (κ2) is 6.83. The molecule has 0 amide bonds. The fourth-order valence-electron chi connectivity index (χ4n) is 1.25. The summed E-state index contributed by atoms with van der Waals surface area (Å²) in [6, 6.07) is 9.99. The molecule has 2 rings (SSSR count). The zero-order chi connectivity index (χ0) is 11.8. The van der Waals surface area contributed by atoms with Crippen molar-refractivity contribution in [2.24, 2.45) is 0 Å². The molecule has 0 aliphatic carbocycles. The molecule has 2 heteroatoms. The Balaban J connectivity index is 0.000000280. The summed E-state index contributed by atoms with van der Waals surface area (Å²) in [5.74, 6) is 0.688. The van der Waals surface area contributed by atoms with Crippen LogP contribution in [0.25, 0.3) is 10.8 Å². The first-order chi connectivity index (χ1) is 7.83. The molecule has 0 unspecified atom stereocenters. The lowest BCUT2D eigenvalue weighted by atomic mass is 10.2. The topological polar surface area (TPSA) is 22.1 Å². The van der Waals surface area contributed by atoms with Gasteiger partial charge >= 0.3 is 0 Å². The van der Waals surface area contributed by atoms with Gasteiger partial charge in [0.25, 0.3) is 0 Å². The van der Waals surface area contributed by atoms with Crippen molar-refractivity contribution in [1.29, 1.82) is 0 Å². The zero-order valence-electron chi connectivity index (χ0n) is 10.2. The van der Waals surface area contributed by atoms with Gasteiger partial charge in [0, 0.05) is 11.6 Å². The predicted molar refractivity (Wildman–Crippen MR) is 68.9 cm³/mol. The van der Waals surface area contributed by atoms with Crippen LogP contribution in [-0.4, -0.2) is 12.1 Å². The van der Waals surface area contributed by atoms with Crippen molar-refractivity contribution in [2.45, 2.75) is 26.7 Å². The number of rotatable bonds is 2. The van der Waals surface area contributed by atoms with E-state index in [0.29, 0.717) is 5.88 Å². The molecule has 0 atom stereocenters. The highest BCUT2D eigenvalue weighted by atomic mass is 16.5. The summed E-state index contributed by atoms with van der Waals surface area (Å²) < 4.78 is 5.12. The average molecular weight is 217 g/mol. The maximum absolute atomic E-state index is 5.12. The Morgan fingerprint density at radius 2 is 1.75 bits per heavy atom. The molecule has 0 aliphatic heterocycles. The molecule has 0 spiro atoms.